The number of pyridine rings is 1. The zero-order valence-electron chi connectivity index (χ0n) is 16.5. The van der Waals surface area contributed by atoms with Gasteiger partial charge in [-0.05, 0) is 42.7 Å². The number of carbonyl (C=O) groups excluding carboxylic acids is 1. The van der Waals surface area contributed by atoms with E-state index in [1.54, 1.807) is 0 Å². The molecular formula is C22H22F3N3OS. The van der Waals surface area contributed by atoms with E-state index in [9.17, 15) is 18.0 Å². The first kappa shape index (κ1) is 20.7. The Bertz CT molecular complexity index is 1090. The number of nitrogens with zero attached hydrogens (tertiary/aromatic N) is 1. The minimum atomic E-state index is -4.56. The minimum Gasteiger partial charge on any atom is -0.397 e. The molecule has 1 aromatic carbocycles. The van der Waals surface area contributed by atoms with E-state index in [0.717, 1.165) is 23.3 Å². The second-order valence-corrected chi connectivity index (χ2v) is 8.77. The average Bonchev–Trinajstić information content (AvgIpc) is 3.02. The van der Waals surface area contributed by atoms with Gasteiger partial charge in [0.2, 0.25) is 0 Å². The van der Waals surface area contributed by atoms with Crippen LogP contribution in [0, 0.1) is 5.92 Å². The van der Waals surface area contributed by atoms with Gasteiger partial charge in [0.05, 0.1) is 11.3 Å². The third-order valence-corrected chi connectivity index (χ3v) is 6.62. The quantitative estimate of drug-likeness (QED) is 0.609. The molecule has 0 radical (unpaired) electrons. The van der Waals surface area contributed by atoms with Crippen molar-refractivity contribution in [2.75, 3.05) is 12.3 Å². The summed E-state index contributed by atoms with van der Waals surface area (Å²) in [6.45, 7) is 2.31. The van der Waals surface area contributed by atoms with Crippen LogP contribution in [0.2, 0.25) is 0 Å². The topological polar surface area (TPSA) is 68.0 Å². The first-order valence-electron chi connectivity index (χ1n) is 9.88. The predicted molar refractivity (Wildman–Crippen MR) is 113 cm³/mol. The van der Waals surface area contributed by atoms with E-state index in [4.69, 9.17) is 5.73 Å². The lowest BCUT2D eigenvalue weighted by atomic mass is 9.84. The van der Waals surface area contributed by atoms with Gasteiger partial charge in [0.15, 0.2) is 0 Å². The van der Waals surface area contributed by atoms with E-state index in [1.807, 2.05) is 37.3 Å². The number of hydrogen-bond donors (Lipinski definition) is 2. The van der Waals surface area contributed by atoms with Crippen LogP contribution in [0.3, 0.4) is 0 Å². The van der Waals surface area contributed by atoms with Gasteiger partial charge < -0.3 is 11.1 Å². The van der Waals surface area contributed by atoms with Crippen LogP contribution in [0.25, 0.3) is 10.2 Å². The third-order valence-electron chi connectivity index (χ3n) is 5.52. The molecule has 0 aliphatic heterocycles. The number of nitrogens with one attached hydrogen (secondary N) is 1. The normalized spacial score (nSPS) is 16.5. The number of hydrogen-bond acceptors (Lipinski definition) is 4. The van der Waals surface area contributed by atoms with Crippen LogP contribution in [0.5, 0.6) is 0 Å². The Morgan fingerprint density at radius 1 is 1.30 bits per heavy atom. The van der Waals surface area contributed by atoms with Crippen molar-refractivity contribution < 1.29 is 18.0 Å². The predicted octanol–water partition coefficient (Wildman–Crippen LogP) is 4.99. The van der Waals surface area contributed by atoms with E-state index in [-0.39, 0.29) is 32.3 Å². The first-order valence-corrected chi connectivity index (χ1v) is 10.7. The van der Waals surface area contributed by atoms with Crippen molar-refractivity contribution in [3.05, 3.63) is 57.6 Å². The Morgan fingerprint density at radius 2 is 2.03 bits per heavy atom. The molecule has 4 nitrogen and oxygen atoms in total. The maximum atomic E-state index is 14.0. The van der Waals surface area contributed by atoms with Gasteiger partial charge in [0.25, 0.3) is 5.91 Å². The van der Waals surface area contributed by atoms with Crippen molar-refractivity contribution >= 4 is 33.1 Å². The first-order chi connectivity index (χ1) is 14.3. The molecule has 0 unspecified atom stereocenters. The zero-order chi connectivity index (χ0) is 21.5. The number of amides is 1. The molecule has 1 amide bonds. The van der Waals surface area contributed by atoms with E-state index in [0.29, 0.717) is 31.5 Å². The Morgan fingerprint density at radius 3 is 2.73 bits per heavy atom. The molecule has 0 fully saturated rings. The van der Waals surface area contributed by atoms with Gasteiger partial charge in [-0.15, -0.1) is 11.3 Å². The Hall–Kier alpha value is -2.61. The number of thiophene rings is 1. The largest absolute Gasteiger partial charge is 0.417 e. The number of alkyl halides is 3. The molecule has 0 bridgehead atoms. The molecule has 0 saturated carbocycles. The number of carbonyl (C=O) groups is 1. The van der Waals surface area contributed by atoms with Gasteiger partial charge in [-0.3, -0.25) is 4.79 Å². The summed E-state index contributed by atoms with van der Waals surface area (Å²) in [7, 11) is 0. The van der Waals surface area contributed by atoms with Crippen LogP contribution in [0.4, 0.5) is 18.9 Å². The number of anilines is 1. The zero-order valence-corrected chi connectivity index (χ0v) is 17.3. The van der Waals surface area contributed by atoms with Crippen molar-refractivity contribution in [3.63, 3.8) is 0 Å². The van der Waals surface area contributed by atoms with Crippen LogP contribution in [-0.2, 0) is 25.4 Å². The summed E-state index contributed by atoms with van der Waals surface area (Å²) >= 11 is 0.934. The van der Waals surface area contributed by atoms with Crippen molar-refractivity contribution in [2.24, 2.45) is 5.92 Å². The number of nitrogens with two attached hydrogens (primary N) is 1. The van der Waals surface area contributed by atoms with Crippen LogP contribution in [0.1, 0.15) is 45.4 Å². The molecule has 4 rings (SSSR count). The van der Waals surface area contributed by atoms with Gasteiger partial charge in [-0.1, -0.05) is 37.3 Å². The van der Waals surface area contributed by atoms with Gasteiger partial charge >= 0.3 is 6.18 Å². The number of aromatic nitrogens is 1. The Kier molecular flexibility index (Phi) is 5.44. The van der Waals surface area contributed by atoms with Crippen LogP contribution in [-0.4, -0.2) is 17.4 Å². The molecule has 3 N–H and O–H groups in total. The van der Waals surface area contributed by atoms with Gasteiger partial charge in [-0.25, -0.2) is 4.98 Å². The molecule has 158 valence electrons. The summed E-state index contributed by atoms with van der Waals surface area (Å²) in [6.07, 6.45) is -2.31. The summed E-state index contributed by atoms with van der Waals surface area (Å²) in [4.78, 5) is 17.4. The highest BCUT2D eigenvalue weighted by molar-refractivity contribution is 7.21. The lowest BCUT2D eigenvalue weighted by Gasteiger charge is -2.25. The van der Waals surface area contributed by atoms with E-state index >= 15 is 0 Å². The fourth-order valence-corrected chi connectivity index (χ4v) is 5.06. The van der Waals surface area contributed by atoms with E-state index in [1.165, 1.54) is 0 Å². The Labute approximate surface area is 176 Å². The van der Waals surface area contributed by atoms with Crippen LogP contribution >= 0.6 is 11.3 Å². The second-order valence-electron chi connectivity index (χ2n) is 7.77. The highest BCUT2D eigenvalue weighted by Crippen LogP contribution is 2.46. The Balaban J connectivity index is 1.68. The number of halogens is 3. The summed E-state index contributed by atoms with van der Waals surface area (Å²) in [5.41, 5.74) is 7.02. The standard InChI is InChI=1S/C22H22F3N3OS/c1-12-7-8-15-14(11-12)17(22(23,24)25)16-18(26)19(30-21(16)28-15)20(29)27-10-9-13-5-3-2-4-6-13/h2-6,12H,7-11,26H2,1H3,(H,27,29)/t12-/m1/s1. The summed E-state index contributed by atoms with van der Waals surface area (Å²) in [6, 6.07) is 9.63. The summed E-state index contributed by atoms with van der Waals surface area (Å²) in [5.74, 6) is -0.315. The molecule has 0 spiro atoms. The molecule has 30 heavy (non-hydrogen) atoms. The molecule has 2 aromatic heterocycles. The molecule has 1 aliphatic carbocycles. The molecule has 3 aromatic rings. The third kappa shape index (κ3) is 3.88. The van der Waals surface area contributed by atoms with Crippen LogP contribution < -0.4 is 11.1 Å². The molecule has 1 aliphatic rings. The van der Waals surface area contributed by atoms with Crippen molar-refractivity contribution in [2.45, 2.75) is 38.8 Å². The maximum absolute atomic E-state index is 14.0. The summed E-state index contributed by atoms with van der Waals surface area (Å²) in [5, 5.41) is 2.64. The molecule has 8 heteroatoms. The number of benzene rings is 1. The fraction of sp³-hybridized carbons (Fsp3) is 0.364. The molecule has 2 heterocycles. The number of nitrogen functional groups attached to an aromatic ring is 1. The van der Waals surface area contributed by atoms with E-state index in [2.05, 4.69) is 10.3 Å². The molecule has 1 atom stereocenters. The van der Waals surface area contributed by atoms with Crippen LogP contribution in [0.15, 0.2) is 30.3 Å². The minimum absolute atomic E-state index is 0.0893. The van der Waals surface area contributed by atoms with Gasteiger partial charge in [0.1, 0.15) is 9.71 Å². The molecule has 0 saturated heterocycles. The lowest BCUT2D eigenvalue weighted by molar-refractivity contribution is -0.137. The van der Waals surface area contributed by atoms with Crippen molar-refractivity contribution in [1.29, 1.82) is 0 Å². The fourth-order valence-electron chi connectivity index (χ4n) is 4.02. The smallest absolute Gasteiger partial charge is 0.397 e. The monoisotopic (exact) mass is 433 g/mol. The van der Waals surface area contributed by atoms with Crippen molar-refractivity contribution in [3.8, 4) is 0 Å². The highest BCUT2D eigenvalue weighted by Gasteiger charge is 2.40. The van der Waals surface area contributed by atoms with Gasteiger partial charge in [0, 0.05) is 17.6 Å². The number of fused-ring (bicyclic) bond motifs is 2. The van der Waals surface area contributed by atoms with E-state index < -0.39 is 17.6 Å². The summed E-state index contributed by atoms with van der Waals surface area (Å²) < 4.78 is 42.1. The van der Waals surface area contributed by atoms with Gasteiger partial charge in [-0.2, -0.15) is 13.2 Å². The maximum Gasteiger partial charge on any atom is 0.417 e. The highest BCUT2D eigenvalue weighted by atomic mass is 32.1. The second kappa shape index (κ2) is 7.91. The number of aryl methyl sites for hydroxylation is 1. The number of rotatable bonds is 4. The average molecular weight is 433 g/mol. The molecular weight excluding hydrogens is 411 g/mol. The SMILES string of the molecule is C[C@@H]1CCc2nc3sc(C(=O)NCCc4ccccc4)c(N)c3c(C(F)(F)F)c2C1. The lowest BCUT2D eigenvalue weighted by Crippen LogP contribution is -2.25. The van der Waals surface area contributed by atoms with Crippen molar-refractivity contribution in [1.82, 2.24) is 10.3 Å².